The Bertz CT molecular complexity index is 653. The number of hydrogen-bond donors (Lipinski definition) is 1. The zero-order chi connectivity index (χ0) is 15.0. The number of benzene rings is 1. The van der Waals surface area contributed by atoms with Crippen molar-refractivity contribution in [3.63, 3.8) is 0 Å². The van der Waals surface area contributed by atoms with Crippen molar-refractivity contribution in [3.8, 4) is 0 Å². The van der Waals surface area contributed by atoms with E-state index in [0.717, 1.165) is 38.0 Å². The second-order valence-electron chi connectivity index (χ2n) is 6.45. The first-order valence-electron chi connectivity index (χ1n) is 8.01. The zero-order valence-electron chi connectivity index (χ0n) is 12.6. The summed E-state index contributed by atoms with van der Waals surface area (Å²) in [5.41, 5.74) is 1.61. The van der Waals surface area contributed by atoms with Gasteiger partial charge in [-0.15, -0.1) is 11.3 Å². The molecule has 0 aliphatic carbocycles. The van der Waals surface area contributed by atoms with Crippen LogP contribution in [0.25, 0.3) is 12.2 Å². The maximum absolute atomic E-state index is 11.1. The molecule has 0 saturated carbocycles. The molecule has 3 aliphatic heterocycles. The van der Waals surface area contributed by atoms with Crippen LogP contribution < -0.4 is 0 Å². The van der Waals surface area contributed by atoms with E-state index in [-0.39, 0.29) is 0 Å². The van der Waals surface area contributed by atoms with Crippen LogP contribution in [0.2, 0.25) is 0 Å². The number of thiophene rings is 1. The lowest BCUT2D eigenvalue weighted by Gasteiger charge is -2.50. The van der Waals surface area contributed by atoms with Gasteiger partial charge in [-0.1, -0.05) is 36.4 Å². The molecule has 114 valence electrons. The Kier molecular flexibility index (Phi) is 3.65. The minimum Gasteiger partial charge on any atom is -0.384 e. The molecule has 2 aromatic rings. The molecule has 4 heterocycles. The summed E-state index contributed by atoms with van der Waals surface area (Å²) in [5, 5.41) is 13.2. The van der Waals surface area contributed by atoms with Crippen LogP contribution in [-0.4, -0.2) is 29.6 Å². The van der Waals surface area contributed by atoms with E-state index in [4.69, 9.17) is 0 Å². The predicted molar refractivity (Wildman–Crippen MR) is 92.7 cm³/mol. The molecule has 2 bridgehead atoms. The van der Waals surface area contributed by atoms with E-state index in [2.05, 4.69) is 58.8 Å². The second-order valence-corrected chi connectivity index (χ2v) is 7.42. The van der Waals surface area contributed by atoms with Gasteiger partial charge in [-0.2, -0.15) is 0 Å². The highest BCUT2D eigenvalue weighted by atomic mass is 32.1. The summed E-state index contributed by atoms with van der Waals surface area (Å²) >= 11 is 1.74. The Morgan fingerprint density at radius 1 is 1.09 bits per heavy atom. The third kappa shape index (κ3) is 2.54. The molecule has 2 nitrogen and oxygen atoms in total. The summed E-state index contributed by atoms with van der Waals surface area (Å²) in [4.78, 5) is 3.66. The third-order valence-electron chi connectivity index (χ3n) is 5.12. The standard InChI is InChI=1S/C19H21NOS/c21-19(14-20-11-9-17(19)10-12-20)16-6-3-15(4-7-16)5-8-18-2-1-13-22-18/h1-8,13,17,21H,9-12,14H2. The molecule has 1 N–H and O–H groups in total. The number of fused-ring (bicyclic) bond motifs is 3. The molecule has 3 heteroatoms. The van der Waals surface area contributed by atoms with Gasteiger partial charge < -0.3 is 10.0 Å². The molecule has 5 rings (SSSR count). The van der Waals surface area contributed by atoms with Crippen LogP contribution in [0.5, 0.6) is 0 Å². The number of rotatable bonds is 3. The zero-order valence-corrected chi connectivity index (χ0v) is 13.4. The van der Waals surface area contributed by atoms with Crippen LogP contribution in [0.15, 0.2) is 41.8 Å². The molecular formula is C19H21NOS. The largest absolute Gasteiger partial charge is 0.384 e. The maximum atomic E-state index is 11.1. The van der Waals surface area contributed by atoms with Gasteiger partial charge in [-0.05, 0) is 60.5 Å². The Morgan fingerprint density at radius 2 is 1.86 bits per heavy atom. The highest BCUT2D eigenvalue weighted by molar-refractivity contribution is 7.10. The van der Waals surface area contributed by atoms with Crippen molar-refractivity contribution in [2.75, 3.05) is 19.6 Å². The quantitative estimate of drug-likeness (QED) is 0.931. The van der Waals surface area contributed by atoms with Crippen molar-refractivity contribution in [3.05, 3.63) is 57.8 Å². The van der Waals surface area contributed by atoms with Crippen molar-refractivity contribution in [1.82, 2.24) is 4.90 Å². The first-order chi connectivity index (χ1) is 10.7. The van der Waals surface area contributed by atoms with Crippen molar-refractivity contribution >= 4 is 23.5 Å². The molecule has 22 heavy (non-hydrogen) atoms. The third-order valence-corrected chi connectivity index (χ3v) is 5.96. The van der Waals surface area contributed by atoms with E-state index in [1.165, 1.54) is 10.4 Å². The number of hydrogen-bond acceptors (Lipinski definition) is 3. The highest BCUT2D eigenvalue weighted by Gasteiger charge is 2.46. The van der Waals surface area contributed by atoms with Gasteiger partial charge in [0.05, 0.1) is 0 Å². The molecule has 1 unspecified atom stereocenters. The molecule has 3 saturated heterocycles. The Balaban J connectivity index is 1.54. The first-order valence-corrected chi connectivity index (χ1v) is 8.89. The SMILES string of the molecule is OC1(c2ccc(C=Cc3cccs3)cc2)CN2CCC1CC2. The van der Waals surface area contributed by atoms with Crippen LogP contribution in [-0.2, 0) is 5.60 Å². The van der Waals surface area contributed by atoms with Gasteiger partial charge in [0.1, 0.15) is 5.60 Å². The topological polar surface area (TPSA) is 23.5 Å². The van der Waals surface area contributed by atoms with E-state index in [0.29, 0.717) is 5.92 Å². The van der Waals surface area contributed by atoms with Crippen molar-refractivity contribution in [2.45, 2.75) is 18.4 Å². The van der Waals surface area contributed by atoms with Crippen LogP contribution in [0.1, 0.15) is 28.8 Å². The summed E-state index contributed by atoms with van der Waals surface area (Å²) in [6, 6.07) is 12.6. The first kappa shape index (κ1) is 14.2. The second kappa shape index (κ2) is 5.65. The predicted octanol–water partition coefficient (Wildman–Crippen LogP) is 3.83. The van der Waals surface area contributed by atoms with Gasteiger partial charge in [0.15, 0.2) is 0 Å². The molecule has 3 fully saturated rings. The van der Waals surface area contributed by atoms with Crippen molar-refractivity contribution in [2.24, 2.45) is 5.92 Å². The summed E-state index contributed by atoms with van der Waals surface area (Å²) in [5.74, 6) is 0.421. The summed E-state index contributed by atoms with van der Waals surface area (Å²) in [7, 11) is 0. The van der Waals surface area contributed by atoms with Gasteiger partial charge in [0, 0.05) is 11.4 Å². The molecule has 0 amide bonds. The van der Waals surface area contributed by atoms with Crippen LogP contribution in [0.3, 0.4) is 0 Å². The minimum absolute atomic E-state index is 0.421. The van der Waals surface area contributed by atoms with Gasteiger partial charge in [0.25, 0.3) is 0 Å². The summed E-state index contributed by atoms with van der Waals surface area (Å²) in [6.07, 6.45) is 6.52. The highest BCUT2D eigenvalue weighted by Crippen LogP contribution is 2.42. The lowest BCUT2D eigenvalue weighted by atomic mass is 9.71. The molecule has 3 aliphatic rings. The van der Waals surface area contributed by atoms with Crippen molar-refractivity contribution < 1.29 is 5.11 Å². The molecule has 0 radical (unpaired) electrons. The van der Waals surface area contributed by atoms with E-state index in [1.807, 2.05) is 0 Å². The van der Waals surface area contributed by atoms with E-state index in [9.17, 15) is 5.11 Å². The average Bonchev–Trinajstić information content (AvgIpc) is 3.08. The van der Waals surface area contributed by atoms with Gasteiger partial charge in [0.2, 0.25) is 0 Å². The molecule has 1 aromatic carbocycles. The summed E-state index contributed by atoms with van der Waals surface area (Å²) < 4.78 is 0. The monoisotopic (exact) mass is 311 g/mol. The maximum Gasteiger partial charge on any atom is 0.105 e. The van der Waals surface area contributed by atoms with Gasteiger partial charge in [-0.25, -0.2) is 0 Å². The van der Waals surface area contributed by atoms with Crippen LogP contribution in [0.4, 0.5) is 0 Å². The number of nitrogens with zero attached hydrogens (tertiary/aromatic N) is 1. The normalized spacial score (nSPS) is 31.0. The summed E-state index contributed by atoms with van der Waals surface area (Å²) in [6.45, 7) is 3.09. The molecule has 1 atom stereocenters. The molecule has 1 aromatic heterocycles. The fraction of sp³-hybridized carbons (Fsp3) is 0.368. The molecule has 0 spiro atoms. The van der Waals surface area contributed by atoms with E-state index < -0.39 is 5.60 Å². The smallest absolute Gasteiger partial charge is 0.105 e. The number of aliphatic hydroxyl groups is 1. The number of piperidine rings is 3. The van der Waals surface area contributed by atoms with Crippen LogP contribution >= 0.6 is 11.3 Å². The fourth-order valence-electron chi connectivity index (χ4n) is 3.81. The lowest BCUT2D eigenvalue weighted by Crippen LogP contribution is -2.57. The van der Waals surface area contributed by atoms with Crippen LogP contribution in [0, 0.1) is 5.92 Å². The Morgan fingerprint density at radius 3 is 2.45 bits per heavy atom. The van der Waals surface area contributed by atoms with Crippen molar-refractivity contribution in [1.29, 1.82) is 0 Å². The lowest BCUT2D eigenvalue weighted by molar-refractivity contribution is -0.117. The Hall–Kier alpha value is -1.42. The van der Waals surface area contributed by atoms with E-state index in [1.54, 1.807) is 11.3 Å². The molecular weight excluding hydrogens is 290 g/mol. The van der Waals surface area contributed by atoms with Gasteiger partial charge in [-0.3, -0.25) is 0 Å². The fourth-order valence-corrected chi connectivity index (χ4v) is 4.43. The minimum atomic E-state index is -0.646. The van der Waals surface area contributed by atoms with E-state index >= 15 is 0 Å². The van der Waals surface area contributed by atoms with Gasteiger partial charge >= 0.3 is 0 Å². The average molecular weight is 311 g/mol. The Labute approximate surface area is 135 Å².